The number of aromatic carboxylic acids is 1. The number of anilines is 1. The van der Waals surface area contributed by atoms with Crippen molar-refractivity contribution in [3.8, 4) is 11.1 Å². The van der Waals surface area contributed by atoms with Crippen LogP contribution >= 0.6 is 0 Å². The lowest BCUT2D eigenvalue weighted by molar-refractivity contribution is 0.0696. The third-order valence-electron chi connectivity index (χ3n) is 6.87. The number of hydrogen-bond donors (Lipinski definition) is 1. The van der Waals surface area contributed by atoms with Crippen molar-refractivity contribution in [2.45, 2.75) is 6.54 Å². The van der Waals surface area contributed by atoms with Crippen LogP contribution < -0.4 is 4.90 Å². The van der Waals surface area contributed by atoms with Crippen molar-refractivity contribution in [3.63, 3.8) is 0 Å². The number of nitrogens with zero attached hydrogens (tertiary/aromatic N) is 5. The lowest BCUT2D eigenvalue weighted by Crippen LogP contribution is -2.52. The molecule has 1 N–H and O–H groups in total. The van der Waals surface area contributed by atoms with Crippen LogP contribution in [0, 0.1) is 5.82 Å². The summed E-state index contributed by atoms with van der Waals surface area (Å²) in [5.41, 5.74) is 3.66. The lowest BCUT2D eigenvalue weighted by Gasteiger charge is -2.36. The van der Waals surface area contributed by atoms with Crippen LogP contribution in [0.1, 0.15) is 15.9 Å². The Labute approximate surface area is 214 Å². The molecule has 0 aliphatic carbocycles. The van der Waals surface area contributed by atoms with E-state index in [1.54, 1.807) is 9.80 Å². The topological polar surface area (TPSA) is 81.9 Å². The summed E-state index contributed by atoms with van der Waals surface area (Å²) in [4.78, 5) is 30.5. The maximum atomic E-state index is 14.9. The van der Waals surface area contributed by atoms with Crippen molar-refractivity contribution in [3.05, 3.63) is 83.8 Å². The molecule has 1 saturated heterocycles. The summed E-state index contributed by atoms with van der Waals surface area (Å²) in [7, 11) is 3.91. The Morgan fingerprint density at radius 3 is 2.46 bits per heavy atom. The number of aromatic nitrogens is 2. The van der Waals surface area contributed by atoms with Gasteiger partial charge in [-0.3, -0.25) is 9.58 Å². The van der Waals surface area contributed by atoms with E-state index >= 15 is 0 Å². The van der Waals surface area contributed by atoms with Crippen LogP contribution in [-0.2, 0) is 13.6 Å². The van der Waals surface area contributed by atoms with E-state index in [1.165, 1.54) is 12.1 Å². The van der Waals surface area contributed by atoms with Crippen LogP contribution in [0.25, 0.3) is 22.0 Å². The van der Waals surface area contributed by atoms with Crippen molar-refractivity contribution in [1.82, 2.24) is 19.6 Å². The molecule has 2 heterocycles. The third-order valence-corrected chi connectivity index (χ3v) is 6.87. The average Bonchev–Trinajstić information content (AvgIpc) is 3.28. The standard InChI is InChI=1S/C28H28FN5O3/c1-31-10-12-33(13-11-31)28(37)34(18-22-7-6-21(27(35)36)16-25(22)29)24-5-3-4-19(15-24)20-8-9-26-23(14-20)17-30-32(26)2/h3-9,14-17H,10-13,18H2,1-2H3,(H,35,36). The third kappa shape index (κ3) is 5.03. The molecule has 3 aromatic carbocycles. The van der Waals surface area contributed by atoms with Crippen molar-refractivity contribution >= 4 is 28.6 Å². The first-order chi connectivity index (χ1) is 17.8. The fourth-order valence-electron chi connectivity index (χ4n) is 4.61. The smallest absolute Gasteiger partial charge is 0.335 e. The Bertz CT molecular complexity index is 1480. The first kappa shape index (κ1) is 24.5. The average molecular weight is 502 g/mol. The maximum absolute atomic E-state index is 14.9. The molecule has 0 spiro atoms. The summed E-state index contributed by atoms with van der Waals surface area (Å²) in [5, 5.41) is 14.5. The predicted octanol–water partition coefficient (Wildman–Crippen LogP) is 4.45. The molecule has 8 nitrogen and oxygen atoms in total. The molecule has 4 aromatic rings. The van der Waals surface area contributed by atoms with Crippen LogP contribution in [0.15, 0.2) is 66.9 Å². The van der Waals surface area contributed by atoms with Gasteiger partial charge in [-0.15, -0.1) is 0 Å². The fraction of sp³-hybridized carbons (Fsp3) is 0.250. The number of carbonyl (C=O) groups is 2. The van der Waals surface area contributed by atoms with E-state index < -0.39 is 11.8 Å². The summed E-state index contributed by atoms with van der Waals surface area (Å²) >= 11 is 0. The van der Waals surface area contributed by atoms with E-state index in [1.807, 2.05) is 61.4 Å². The predicted molar refractivity (Wildman–Crippen MR) is 140 cm³/mol. The Morgan fingerprint density at radius 1 is 0.973 bits per heavy atom. The number of carboxylic acids is 1. The van der Waals surface area contributed by atoms with Gasteiger partial charge in [0, 0.05) is 49.9 Å². The minimum absolute atomic E-state index is 0.0258. The Kier molecular flexibility index (Phi) is 6.62. The van der Waals surface area contributed by atoms with Gasteiger partial charge >= 0.3 is 12.0 Å². The second-order valence-electron chi connectivity index (χ2n) is 9.36. The monoisotopic (exact) mass is 501 g/mol. The molecular formula is C28H28FN5O3. The lowest BCUT2D eigenvalue weighted by atomic mass is 10.0. The molecule has 0 unspecified atom stereocenters. The molecule has 190 valence electrons. The number of carboxylic acid groups (broad SMARTS) is 1. The SMILES string of the molecule is CN1CCN(C(=O)N(Cc2ccc(C(=O)O)cc2F)c2cccc(-c3ccc4c(cnn4C)c3)c2)CC1. The molecule has 0 radical (unpaired) electrons. The minimum Gasteiger partial charge on any atom is -0.478 e. The van der Waals surface area contributed by atoms with Crippen LogP contribution in [0.2, 0.25) is 0 Å². The fourth-order valence-corrected chi connectivity index (χ4v) is 4.61. The van der Waals surface area contributed by atoms with Gasteiger partial charge in [-0.2, -0.15) is 5.10 Å². The number of fused-ring (bicyclic) bond motifs is 1. The summed E-state index contributed by atoms with van der Waals surface area (Å²) in [6, 6.07) is 17.3. The minimum atomic E-state index is -1.20. The van der Waals surface area contributed by atoms with E-state index in [4.69, 9.17) is 0 Å². The van der Waals surface area contributed by atoms with E-state index in [0.29, 0.717) is 18.8 Å². The number of likely N-dealkylation sites (N-methyl/N-ethyl adjacent to an activating group) is 1. The molecule has 2 amide bonds. The highest BCUT2D eigenvalue weighted by molar-refractivity contribution is 5.93. The van der Waals surface area contributed by atoms with Gasteiger partial charge in [-0.25, -0.2) is 14.0 Å². The van der Waals surface area contributed by atoms with Crippen molar-refractivity contribution < 1.29 is 19.1 Å². The van der Waals surface area contributed by atoms with Crippen LogP contribution in [-0.4, -0.2) is 69.9 Å². The molecule has 0 atom stereocenters. The number of amides is 2. The normalized spacial score (nSPS) is 14.2. The number of hydrogen-bond acceptors (Lipinski definition) is 4. The molecular weight excluding hydrogens is 473 g/mol. The Hall–Kier alpha value is -4.24. The number of urea groups is 1. The number of rotatable bonds is 5. The van der Waals surface area contributed by atoms with E-state index in [0.717, 1.165) is 41.2 Å². The summed E-state index contributed by atoms with van der Waals surface area (Å²) < 4.78 is 16.7. The van der Waals surface area contributed by atoms with Gasteiger partial charge in [0.2, 0.25) is 0 Å². The van der Waals surface area contributed by atoms with Crippen molar-refractivity contribution in [2.75, 3.05) is 38.1 Å². The molecule has 0 saturated carbocycles. The van der Waals surface area contributed by atoms with Gasteiger partial charge in [-0.05, 0) is 54.6 Å². The number of piperazine rings is 1. The van der Waals surface area contributed by atoms with E-state index in [2.05, 4.69) is 16.1 Å². The van der Waals surface area contributed by atoms with Crippen LogP contribution in [0.5, 0.6) is 0 Å². The van der Waals surface area contributed by atoms with E-state index in [-0.39, 0.29) is 23.7 Å². The highest BCUT2D eigenvalue weighted by Crippen LogP contribution is 2.29. The number of aryl methyl sites for hydroxylation is 1. The zero-order valence-electron chi connectivity index (χ0n) is 20.8. The van der Waals surface area contributed by atoms with Crippen LogP contribution in [0.4, 0.5) is 14.9 Å². The zero-order valence-corrected chi connectivity index (χ0v) is 20.8. The first-order valence-corrected chi connectivity index (χ1v) is 12.1. The van der Waals surface area contributed by atoms with Gasteiger partial charge in [0.05, 0.1) is 23.8 Å². The maximum Gasteiger partial charge on any atom is 0.335 e. The number of benzene rings is 3. The zero-order chi connectivity index (χ0) is 26.1. The highest BCUT2D eigenvalue weighted by atomic mass is 19.1. The van der Waals surface area contributed by atoms with Gasteiger partial charge in [0.25, 0.3) is 0 Å². The molecule has 1 aromatic heterocycles. The number of halogens is 1. The van der Waals surface area contributed by atoms with Gasteiger partial charge < -0.3 is 14.9 Å². The summed E-state index contributed by atoms with van der Waals surface area (Å²) in [5.74, 6) is -1.86. The molecule has 5 rings (SSSR count). The molecule has 0 bridgehead atoms. The summed E-state index contributed by atoms with van der Waals surface area (Å²) in [6.07, 6.45) is 1.81. The molecule has 1 aliphatic rings. The van der Waals surface area contributed by atoms with Crippen molar-refractivity contribution in [2.24, 2.45) is 7.05 Å². The molecule has 37 heavy (non-hydrogen) atoms. The van der Waals surface area contributed by atoms with Gasteiger partial charge in [0.1, 0.15) is 5.82 Å². The molecule has 1 fully saturated rings. The Balaban J connectivity index is 1.51. The molecule has 9 heteroatoms. The highest BCUT2D eigenvalue weighted by Gasteiger charge is 2.26. The van der Waals surface area contributed by atoms with E-state index in [9.17, 15) is 19.1 Å². The largest absolute Gasteiger partial charge is 0.478 e. The number of carbonyl (C=O) groups excluding carboxylic acids is 1. The van der Waals surface area contributed by atoms with Gasteiger partial charge in [-0.1, -0.05) is 24.3 Å². The second-order valence-corrected chi connectivity index (χ2v) is 9.36. The summed E-state index contributed by atoms with van der Waals surface area (Å²) in [6.45, 7) is 2.63. The second kappa shape index (κ2) is 10.0. The van der Waals surface area contributed by atoms with Gasteiger partial charge in [0.15, 0.2) is 0 Å². The quantitative estimate of drug-likeness (QED) is 0.437. The first-order valence-electron chi connectivity index (χ1n) is 12.1. The van der Waals surface area contributed by atoms with Crippen LogP contribution in [0.3, 0.4) is 0 Å². The van der Waals surface area contributed by atoms with Crippen molar-refractivity contribution in [1.29, 1.82) is 0 Å². The Morgan fingerprint density at radius 2 is 1.73 bits per heavy atom. The molecule has 1 aliphatic heterocycles.